The van der Waals surface area contributed by atoms with Crippen molar-refractivity contribution in [2.24, 2.45) is 0 Å². The molecule has 0 aliphatic carbocycles. The first-order valence-electron chi connectivity index (χ1n) is 12.3. The summed E-state index contributed by atoms with van der Waals surface area (Å²) >= 11 is 0. The van der Waals surface area contributed by atoms with Gasteiger partial charge in [0.05, 0.1) is 11.1 Å². The molecule has 0 spiro atoms. The Hall–Kier alpha value is -4.27. The van der Waals surface area contributed by atoms with Gasteiger partial charge in [0.2, 0.25) is 0 Å². The van der Waals surface area contributed by atoms with E-state index in [0.717, 1.165) is 17.6 Å². The fourth-order valence-electron chi connectivity index (χ4n) is 4.25. The van der Waals surface area contributed by atoms with E-state index in [2.05, 4.69) is 5.32 Å². The van der Waals surface area contributed by atoms with E-state index in [4.69, 9.17) is 4.74 Å². The predicted molar refractivity (Wildman–Crippen MR) is 141 cm³/mol. The molecule has 3 aromatic carbocycles. The maximum atomic E-state index is 13.5. The number of hydrogen-bond acceptors (Lipinski definition) is 4. The van der Waals surface area contributed by atoms with Crippen LogP contribution in [0.3, 0.4) is 0 Å². The first-order chi connectivity index (χ1) is 18.2. The molecule has 1 N–H and O–H groups in total. The van der Waals surface area contributed by atoms with E-state index in [-0.39, 0.29) is 18.0 Å². The fourth-order valence-corrected chi connectivity index (χ4v) is 4.25. The number of carbonyl (C=O) groups is 2. The maximum absolute atomic E-state index is 13.5. The molecule has 0 aliphatic heterocycles. The van der Waals surface area contributed by atoms with Gasteiger partial charge in [-0.2, -0.15) is 13.2 Å². The molecule has 0 atom stereocenters. The summed E-state index contributed by atoms with van der Waals surface area (Å²) in [5.74, 6) is -0.668. The second kappa shape index (κ2) is 11.4. The molecule has 9 heteroatoms. The molecule has 0 unspecified atom stereocenters. The van der Waals surface area contributed by atoms with E-state index in [1.165, 1.54) is 11.0 Å². The third-order valence-corrected chi connectivity index (χ3v) is 6.17. The summed E-state index contributed by atoms with van der Waals surface area (Å²) in [6, 6.07) is 19.3. The number of carbonyl (C=O) groups excluding carboxylic acids is 2. The lowest BCUT2D eigenvalue weighted by Gasteiger charge is -2.17. The minimum atomic E-state index is -4.55. The molecular weight excluding hydrogens is 495 g/mol. The fraction of sp³-hybridized carbons (Fsp3) is 0.241. The van der Waals surface area contributed by atoms with E-state index < -0.39 is 23.4 Å². The van der Waals surface area contributed by atoms with Gasteiger partial charge in [-0.05, 0) is 44.2 Å². The molecule has 4 rings (SSSR count). The van der Waals surface area contributed by atoms with Gasteiger partial charge in [-0.1, -0.05) is 36.4 Å². The van der Waals surface area contributed by atoms with Gasteiger partial charge < -0.3 is 19.5 Å². The van der Waals surface area contributed by atoms with Crippen LogP contribution in [-0.4, -0.2) is 40.8 Å². The zero-order chi connectivity index (χ0) is 27.3. The Morgan fingerprint density at radius 2 is 1.61 bits per heavy atom. The first-order valence-corrected chi connectivity index (χ1v) is 12.3. The molecule has 0 aliphatic rings. The molecular formula is C29H28F3N3O3. The summed E-state index contributed by atoms with van der Waals surface area (Å²) < 4.78 is 48.1. The molecule has 1 heterocycles. The van der Waals surface area contributed by atoms with Gasteiger partial charge in [0, 0.05) is 55.0 Å². The lowest BCUT2D eigenvalue weighted by Crippen LogP contribution is -2.36. The highest BCUT2D eigenvalue weighted by Gasteiger charge is 2.31. The third-order valence-electron chi connectivity index (χ3n) is 6.17. The maximum Gasteiger partial charge on any atom is 0.416 e. The van der Waals surface area contributed by atoms with Crippen molar-refractivity contribution < 1.29 is 27.5 Å². The second-order valence-corrected chi connectivity index (χ2v) is 8.65. The van der Waals surface area contributed by atoms with Gasteiger partial charge >= 0.3 is 6.18 Å². The van der Waals surface area contributed by atoms with Crippen LogP contribution in [0.4, 0.5) is 18.9 Å². The zero-order valence-corrected chi connectivity index (χ0v) is 21.1. The first kappa shape index (κ1) is 26.8. The van der Waals surface area contributed by atoms with Crippen molar-refractivity contribution >= 4 is 28.3 Å². The number of alkyl halides is 3. The number of nitrogens with one attached hydrogen (secondary N) is 1. The Morgan fingerprint density at radius 3 is 2.29 bits per heavy atom. The molecule has 6 nitrogen and oxygen atoms in total. The van der Waals surface area contributed by atoms with Crippen LogP contribution in [0.15, 0.2) is 79.0 Å². The molecule has 0 fully saturated rings. The number of nitrogens with zero attached hydrogens (tertiary/aromatic N) is 2. The van der Waals surface area contributed by atoms with Crippen molar-refractivity contribution in [3.8, 4) is 11.5 Å². The number of rotatable bonds is 10. The number of fused-ring (bicyclic) bond motifs is 1. The molecule has 0 saturated heterocycles. The Kier molecular flexibility index (Phi) is 8.05. The number of aromatic nitrogens is 1. The van der Waals surface area contributed by atoms with Crippen LogP contribution in [-0.2, 0) is 17.5 Å². The van der Waals surface area contributed by atoms with Crippen molar-refractivity contribution in [2.45, 2.75) is 26.6 Å². The summed E-state index contributed by atoms with van der Waals surface area (Å²) in [6.07, 6.45) is -2.91. The minimum absolute atomic E-state index is 0.0581. The average Bonchev–Trinajstić information content (AvgIpc) is 3.27. The number of halogens is 3. The largest absolute Gasteiger partial charge is 0.457 e. The standard InChI is InChI=1S/C29H28F3N3O3/c1-3-34(4-2)28(37)27(36)25-19-35(26-13-9-8-12-24(25)26)15-14-33-21-16-20(29(30,31)32)17-23(18-21)38-22-10-6-5-7-11-22/h5-13,16-19,33H,3-4,14-15H2,1-2H3. The summed E-state index contributed by atoms with van der Waals surface area (Å²) in [7, 11) is 0. The van der Waals surface area contributed by atoms with Gasteiger partial charge in [0.15, 0.2) is 0 Å². The molecule has 198 valence electrons. The number of likely N-dealkylation sites (N-methyl/N-ethyl adjacent to an activating group) is 1. The quantitative estimate of drug-likeness (QED) is 0.188. The third kappa shape index (κ3) is 5.99. The summed E-state index contributed by atoms with van der Waals surface area (Å²) in [5, 5.41) is 3.68. The van der Waals surface area contributed by atoms with Crippen LogP contribution in [0.1, 0.15) is 29.8 Å². The highest BCUT2D eigenvalue weighted by Crippen LogP contribution is 2.35. The van der Waals surface area contributed by atoms with E-state index in [1.54, 1.807) is 48.7 Å². The van der Waals surface area contributed by atoms with Crippen molar-refractivity contribution in [1.82, 2.24) is 9.47 Å². The summed E-state index contributed by atoms with van der Waals surface area (Å²) in [6.45, 7) is 5.09. The molecule has 38 heavy (non-hydrogen) atoms. The Morgan fingerprint density at radius 1 is 0.921 bits per heavy atom. The Labute approximate surface area is 218 Å². The average molecular weight is 524 g/mol. The number of anilines is 1. The number of para-hydroxylation sites is 2. The van der Waals surface area contributed by atoms with Crippen molar-refractivity contribution in [2.75, 3.05) is 25.0 Å². The van der Waals surface area contributed by atoms with Gasteiger partial charge in [0.1, 0.15) is 11.5 Å². The van der Waals surface area contributed by atoms with Gasteiger partial charge in [-0.3, -0.25) is 9.59 Å². The van der Waals surface area contributed by atoms with E-state index >= 15 is 0 Å². The van der Waals surface area contributed by atoms with Gasteiger partial charge in [0.25, 0.3) is 11.7 Å². The predicted octanol–water partition coefficient (Wildman–Crippen LogP) is 6.62. The monoisotopic (exact) mass is 523 g/mol. The van der Waals surface area contributed by atoms with Crippen LogP contribution in [0, 0.1) is 0 Å². The number of amides is 1. The number of ether oxygens (including phenoxy) is 1. The number of benzene rings is 3. The SMILES string of the molecule is CCN(CC)C(=O)C(=O)c1cn(CCNc2cc(Oc3ccccc3)cc(C(F)(F)F)c2)c2ccccc12. The van der Waals surface area contributed by atoms with Gasteiger partial charge in [-0.15, -0.1) is 0 Å². The van der Waals surface area contributed by atoms with E-state index in [1.807, 2.05) is 30.5 Å². The number of ketones is 1. The summed E-state index contributed by atoms with van der Waals surface area (Å²) in [4.78, 5) is 27.2. The van der Waals surface area contributed by atoms with Crippen molar-refractivity contribution in [1.29, 1.82) is 0 Å². The highest BCUT2D eigenvalue weighted by atomic mass is 19.4. The number of Topliss-reactive ketones (excluding diaryl/α,β-unsaturated/α-hetero) is 1. The summed E-state index contributed by atoms with van der Waals surface area (Å²) in [5.41, 5.74) is 0.468. The topological polar surface area (TPSA) is 63.6 Å². The molecule has 0 saturated carbocycles. The molecule has 0 bridgehead atoms. The lowest BCUT2D eigenvalue weighted by molar-refractivity contribution is -0.137. The van der Waals surface area contributed by atoms with Crippen LogP contribution < -0.4 is 10.1 Å². The van der Waals surface area contributed by atoms with Crippen LogP contribution in [0.5, 0.6) is 11.5 Å². The molecule has 1 amide bonds. The van der Waals surface area contributed by atoms with Gasteiger partial charge in [-0.25, -0.2) is 0 Å². The Bertz CT molecular complexity index is 1430. The molecule has 0 radical (unpaired) electrons. The van der Waals surface area contributed by atoms with Crippen LogP contribution >= 0.6 is 0 Å². The normalized spacial score (nSPS) is 11.4. The number of hydrogen-bond donors (Lipinski definition) is 1. The Balaban J connectivity index is 1.55. The van der Waals surface area contributed by atoms with Crippen molar-refractivity contribution in [3.63, 3.8) is 0 Å². The second-order valence-electron chi connectivity index (χ2n) is 8.65. The van der Waals surface area contributed by atoms with Crippen LogP contribution in [0.25, 0.3) is 10.9 Å². The van der Waals surface area contributed by atoms with E-state index in [0.29, 0.717) is 36.3 Å². The lowest BCUT2D eigenvalue weighted by atomic mass is 10.1. The van der Waals surface area contributed by atoms with Crippen molar-refractivity contribution in [3.05, 3.63) is 90.1 Å². The highest BCUT2D eigenvalue weighted by molar-refractivity contribution is 6.44. The van der Waals surface area contributed by atoms with Crippen LogP contribution in [0.2, 0.25) is 0 Å². The minimum Gasteiger partial charge on any atom is -0.457 e. The zero-order valence-electron chi connectivity index (χ0n) is 21.1. The smallest absolute Gasteiger partial charge is 0.416 e. The molecule has 4 aromatic rings. The van der Waals surface area contributed by atoms with E-state index in [9.17, 15) is 22.8 Å². The molecule has 1 aromatic heterocycles.